The Morgan fingerprint density at radius 2 is 2.10 bits per heavy atom. The van der Waals surface area contributed by atoms with E-state index in [2.05, 4.69) is 6.58 Å². The molecule has 0 unspecified atom stereocenters. The zero-order valence-corrected chi connectivity index (χ0v) is 11.9. The number of hydrogen-bond donors (Lipinski definition) is 1. The molecule has 1 aromatic carbocycles. The van der Waals surface area contributed by atoms with E-state index in [0.29, 0.717) is 11.3 Å². The molecule has 0 aliphatic heterocycles. The molecule has 0 bridgehead atoms. The Hall–Kier alpha value is -2.34. The van der Waals surface area contributed by atoms with Crippen LogP contribution in [0.5, 0.6) is 5.75 Å². The zero-order chi connectivity index (χ0) is 15.7. The van der Waals surface area contributed by atoms with E-state index >= 15 is 0 Å². The predicted octanol–water partition coefficient (Wildman–Crippen LogP) is 1.42. The fourth-order valence-electron chi connectivity index (χ4n) is 1.71. The second-order valence-corrected chi connectivity index (χ2v) is 4.21. The van der Waals surface area contributed by atoms with Crippen LogP contribution in [0.4, 0.5) is 0 Å². The average molecular weight is 293 g/mol. The number of carboxylic acid groups (broad SMARTS) is 1. The molecule has 0 saturated heterocycles. The van der Waals surface area contributed by atoms with Crippen LogP contribution in [-0.2, 0) is 9.53 Å². The molecule has 114 valence electrons. The highest BCUT2D eigenvalue weighted by Gasteiger charge is 2.21. The molecule has 0 radical (unpaired) electrons. The number of methoxy groups -OCH3 is 1. The van der Waals surface area contributed by atoms with E-state index in [9.17, 15) is 9.59 Å². The van der Waals surface area contributed by atoms with E-state index < -0.39 is 18.4 Å². The van der Waals surface area contributed by atoms with E-state index in [1.54, 1.807) is 30.3 Å². The zero-order valence-electron chi connectivity index (χ0n) is 11.9. The number of ether oxygens (including phenoxy) is 2. The quantitative estimate of drug-likeness (QED) is 0.697. The molecule has 0 spiro atoms. The van der Waals surface area contributed by atoms with Crippen LogP contribution < -0.4 is 4.74 Å². The minimum Gasteiger partial charge on any atom is -0.489 e. The highest BCUT2D eigenvalue weighted by molar-refractivity contribution is 5.98. The molecule has 0 heterocycles. The summed E-state index contributed by atoms with van der Waals surface area (Å²) in [6.07, 6.45) is 1.57. The lowest BCUT2D eigenvalue weighted by Crippen LogP contribution is -2.38. The van der Waals surface area contributed by atoms with Gasteiger partial charge >= 0.3 is 5.97 Å². The van der Waals surface area contributed by atoms with Crippen LogP contribution in [-0.4, -0.2) is 55.3 Å². The molecule has 1 aromatic rings. The average Bonchev–Trinajstić information content (AvgIpc) is 2.48. The van der Waals surface area contributed by atoms with Gasteiger partial charge in [0.15, 0.2) is 0 Å². The maximum atomic E-state index is 12.5. The summed E-state index contributed by atoms with van der Waals surface area (Å²) in [6.45, 7) is 3.88. The van der Waals surface area contributed by atoms with E-state index in [0.717, 1.165) is 0 Å². The fraction of sp³-hybridized carbons (Fsp3) is 0.333. The van der Waals surface area contributed by atoms with E-state index in [1.807, 2.05) is 0 Å². The van der Waals surface area contributed by atoms with Crippen molar-refractivity contribution in [1.29, 1.82) is 0 Å². The van der Waals surface area contributed by atoms with Gasteiger partial charge < -0.3 is 19.5 Å². The molecule has 0 aromatic heterocycles. The molecule has 1 amide bonds. The lowest BCUT2D eigenvalue weighted by Gasteiger charge is -2.21. The van der Waals surface area contributed by atoms with Gasteiger partial charge in [-0.1, -0.05) is 24.8 Å². The molecular weight excluding hydrogens is 274 g/mol. The van der Waals surface area contributed by atoms with Gasteiger partial charge in [0, 0.05) is 13.7 Å². The Labute approximate surface area is 123 Å². The first-order chi connectivity index (χ1) is 10.1. The van der Waals surface area contributed by atoms with Gasteiger partial charge in [0.25, 0.3) is 5.91 Å². The predicted molar refractivity (Wildman–Crippen MR) is 77.5 cm³/mol. The molecule has 1 N–H and O–H groups in total. The monoisotopic (exact) mass is 293 g/mol. The van der Waals surface area contributed by atoms with Crippen molar-refractivity contribution >= 4 is 11.9 Å². The van der Waals surface area contributed by atoms with Gasteiger partial charge in [0.1, 0.15) is 18.9 Å². The van der Waals surface area contributed by atoms with E-state index in [4.69, 9.17) is 14.6 Å². The number of nitrogens with zero attached hydrogens (tertiary/aromatic N) is 1. The Balaban J connectivity index is 2.96. The van der Waals surface area contributed by atoms with E-state index in [1.165, 1.54) is 12.0 Å². The molecule has 6 heteroatoms. The van der Waals surface area contributed by atoms with Crippen molar-refractivity contribution in [3.8, 4) is 5.75 Å². The number of rotatable bonds is 9. The van der Waals surface area contributed by atoms with Gasteiger partial charge in [-0.25, -0.2) is 0 Å². The number of amides is 1. The summed E-state index contributed by atoms with van der Waals surface area (Å²) in [5.41, 5.74) is 0.316. The number of benzene rings is 1. The summed E-state index contributed by atoms with van der Waals surface area (Å²) in [7, 11) is 1.49. The van der Waals surface area contributed by atoms with Crippen LogP contribution in [0.15, 0.2) is 36.9 Å². The minimum absolute atomic E-state index is 0.192. The molecule has 0 aliphatic rings. The fourth-order valence-corrected chi connectivity index (χ4v) is 1.71. The molecule has 0 fully saturated rings. The highest BCUT2D eigenvalue weighted by atomic mass is 16.5. The molecule has 1 rings (SSSR count). The smallest absolute Gasteiger partial charge is 0.323 e. The maximum Gasteiger partial charge on any atom is 0.323 e. The van der Waals surface area contributed by atoms with Crippen molar-refractivity contribution in [2.75, 3.05) is 33.4 Å². The van der Waals surface area contributed by atoms with Gasteiger partial charge in [0.2, 0.25) is 0 Å². The van der Waals surface area contributed by atoms with Crippen LogP contribution in [0.25, 0.3) is 0 Å². The molecule has 21 heavy (non-hydrogen) atoms. The van der Waals surface area contributed by atoms with Crippen molar-refractivity contribution in [1.82, 2.24) is 4.90 Å². The van der Waals surface area contributed by atoms with Crippen molar-refractivity contribution in [2.24, 2.45) is 0 Å². The Bertz CT molecular complexity index is 501. The summed E-state index contributed by atoms with van der Waals surface area (Å²) in [5.74, 6) is -1.09. The second kappa shape index (κ2) is 8.76. The lowest BCUT2D eigenvalue weighted by molar-refractivity contribution is -0.137. The third-order valence-corrected chi connectivity index (χ3v) is 2.65. The van der Waals surface area contributed by atoms with Crippen LogP contribution >= 0.6 is 0 Å². The largest absolute Gasteiger partial charge is 0.489 e. The molecule has 0 atom stereocenters. The number of aliphatic carboxylic acids is 1. The Morgan fingerprint density at radius 1 is 1.38 bits per heavy atom. The molecular formula is C15H19NO5. The standard InChI is InChI=1S/C15H19NO5/c1-3-9-21-13-7-5-4-6-12(13)15(19)16(8-10-20-2)11-14(17)18/h3-7H,1,8-11H2,2H3,(H,17,18). The summed E-state index contributed by atoms with van der Waals surface area (Å²) >= 11 is 0. The van der Waals surface area contributed by atoms with Gasteiger partial charge in [-0.05, 0) is 12.1 Å². The van der Waals surface area contributed by atoms with E-state index in [-0.39, 0.29) is 19.8 Å². The van der Waals surface area contributed by atoms with Gasteiger partial charge in [-0.15, -0.1) is 0 Å². The van der Waals surface area contributed by atoms with Crippen molar-refractivity contribution in [3.63, 3.8) is 0 Å². The third-order valence-electron chi connectivity index (χ3n) is 2.65. The summed E-state index contributed by atoms with van der Waals surface area (Å²) in [5, 5.41) is 8.91. The van der Waals surface area contributed by atoms with Crippen LogP contribution in [0, 0.1) is 0 Å². The maximum absolute atomic E-state index is 12.5. The van der Waals surface area contributed by atoms with Crippen LogP contribution in [0.3, 0.4) is 0 Å². The number of carbonyl (C=O) groups is 2. The second-order valence-electron chi connectivity index (χ2n) is 4.21. The summed E-state index contributed by atoms with van der Waals surface area (Å²) in [6, 6.07) is 6.70. The number of carboxylic acids is 1. The lowest BCUT2D eigenvalue weighted by atomic mass is 10.1. The SMILES string of the molecule is C=CCOc1ccccc1C(=O)N(CCOC)CC(=O)O. The van der Waals surface area contributed by atoms with Crippen LogP contribution in [0.1, 0.15) is 10.4 Å². The Kier molecular flexibility index (Phi) is 6.97. The molecule has 0 aliphatic carbocycles. The first-order valence-corrected chi connectivity index (χ1v) is 6.43. The van der Waals surface area contributed by atoms with Crippen molar-refractivity contribution in [3.05, 3.63) is 42.5 Å². The number of hydrogen-bond acceptors (Lipinski definition) is 4. The highest BCUT2D eigenvalue weighted by Crippen LogP contribution is 2.20. The summed E-state index contributed by atoms with van der Waals surface area (Å²) < 4.78 is 10.3. The first-order valence-electron chi connectivity index (χ1n) is 6.43. The number of para-hydroxylation sites is 1. The normalized spacial score (nSPS) is 9.95. The Morgan fingerprint density at radius 3 is 2.71 bits per heavy atom. The summed E-state index contributed by atoms with van der Waals surface area (Å²) in [4.78, 5) is 24.6. The van der Waals surface area contributed by atoms with Gasteiger partial charge in [-0.2, -0.15) is 0 Å². The van der Waals surface area contributed by atoms with Crippen LogP contribution in [0.2, 0.25) is 0 Å². The topological polar surface area (TPSA) is 76.1 Å². The molecule has 6 nitrogen and oxygen atoms in total. The van der Waals surface area contributed by atoms with Gasteiger partial charge in [-0.3, -0.25) is 9.59 Å². The first kappa shape index (κ1) is 16.7. The van der Waals surface area contributed by atoms with Gasteiger partial charge in [0.05, 0.1) is 12.2 Å². The third kappa shape index (κ3) is 5.27. The van der Waals surface area contributed by atoms with Crippen molar-refractivity contribution in [2.45, 2.75) is 0 Å². The molecule has 0 saturated carbocycles. The minimum atomic E-state index is -1.08. The van der Waals surface area contributed by atoms with Crippen molar-refractivity contribution < 1.29 is 24.2 Å². The number of carbonyl (C=O) groups excluding carboxylic acids is 1.